The van der Waals surface area contributed by atoms with Crippen LogP contribution in [0.5, 0.6) is 0 Å². The van der Waals surface area contributed by atoms with Crippen molar-refractivity contribution in [1.82, 2.24) is 15.2 Å². The van der Waals surface area contributed by atoms with Crippen molar-refractivity contribution in [2.45, 2.75) is 6.04 Å². The Bertz CT molecular complexity index is 413. The van der Waals surface area contributed by atoms with Crippen molar-refractivity contribution in [2.24, 2.45) is 5.73 Å². The van der Waals surface area contributed by atoms with E-state index < -0.39 is 0 Å². The number of rotatable bonds is 2. The highest BCUT2D eigenvalue weighted by Crippen LogP contribution is 2.23. The minimum atomic E-state index is -0.355. The highest BCUT2D eigenvalue weighted by molar-refractivity contribution is 6.31. The van der Waals surface area contributed by atoms with Crippen molar-refractivity contribution in [3.05, 3.63) is 47.0 Å². The van der Waals surface area contributed by atoms with Crippen LogP contribution in [-0.2, 0) is 0 Å². The van der Waals surface area contributed by atoms with Crippen LogP contribution in [0, 0.1) is 0 Å². The highest BCUT2D eigenvalue weighted by Gasteiger charge is 2.13. The lowest BCUT2D eigenvalue weighted by molar-refractivity contribution is 0.787. The average molecular weight is 209 g/mol. The summed E-state index contributed by atoms with van der Waals surface area (Å²) in [5, 5.41) is 7.09. The zero-order valence-corrected chi connectivity index (χ0v) is 8.07. The largest absolute Gasteiger partial charge is 0.318 e. The Morgan fingerprint density at radius 2 is 2.14 bits per heavy atom. The predicted octanol–water partition coefficient (Wildman–Crippen LogP) is 1.51. The Morgan fingerprint density at radius 1 is 1.36 bits per heavy atom. The zero-order chi connectivity index (χ0) is 9.97. The Morgan fingerprint density at radius 3 is 2.79 bits per heavy atom. The number of halogens is 1. The maximum Gasteiger partial charge on any atom is 0.145 e. The summed E-state index contributed by atoms with van der Waals surface area (Å²) in [5.41, 5.74) is 6.78. The number of aromatic nitrogens is 3. The van der Waals surface area contributed by atoms with E-state index in [1.165, 1.54) is 6.33 Å². The van der Waals surface area contributed by atoms with Crippen molar-refractivity contribution in [2.75, 3.05) is 0 Å². The number of H-pyrrole nitrogens is 1. The molecule has 0 amide bonds. The van der Waals surface area contributed by atoms with Gasteiger partial charge in [0, 0.05) is 5.02 Å². The van der Waals surface area contributed by atoms with E-state index in [1.807, 2.05) is 18.2 Å². The molecule has 14 heavy (non-hydrogen) atoms. The first-order valence-corrected chi connectivity index (χ1v) is 4.52. The number of nitrogens with zero attached hydrogens (tertiary/aromatic N) is 2. The highest BCUT2D eigenvalue weighted by atomic mass is 35.5. The van der Waals surface area contributed by atoms with Gasteiger partial charge in [0.1, 0.15) is 12.2 Å². The predicted molar refractivity (Wildman–Crippen MR) is 53.9 cm³/mol. The molecular formula is C9H9ClN4. The first kappa shape index (κ1) is 9.18. The summed E-state index contributed by atoms with van der Waals surface area (Å²) < 4.78 is 0. The smallest absolute Gasteiger partial charge is 0.145 e. The van der Waals surface area contributed by atoms with E-state index in [4.69, 9.17) is 17.3 Å². The summed E-state index contributed by atoms with van der Waals surface area (Å²) in [5.74, 6) is 0.609. The van der Waals surface area contributed by atoms with Crippen LogP contribution in [0.25, 0.3) is 0 Å². The Hall–Kier alpha value is -1.39. The van der Waals surface area contributed by atoms with Crippen molar-refractivity contribution in [3.63, 3.8) is 0 Å². The summed E-state index contributed by atoms with van der Waals surface area (Å²) in [6.45, 7) is 0. The van der Waals surface area contributed by atoms with Crippen LogP contribution in [0.15, 0.2) is 30.6 Å². The molecule has 1 heterocycles. The lowest BCUT2D eigenvalue weighted by Crippen LogP contribution is -2.14. The molecule has 2 rings (SSSR count). The molecule has 2 aromatic rings. The lowest BCUT2D eigenvalue weighted by atomic mass is 10.1. The molecule has 0 aliphatic carbocycles. The van der Waals surface area contributed by atoms with E-state index >= 15 is 0 Å². The fourth-order valence-corrected chi connectivity index (χ4v) is 1.49. The summed E-state index contributed by atoms with van der Waals surface area (Å²) in [7, 11) is 0. The molecule has 0 aliphatic rings. The molecule has 5 heteroatoms. The molecule has 1 aromatic carbocycles. The molecule has 3 N–H and O–H groups in total. The van der Waals surface area contributed by atoms with E-state index in [9.17, 15) is 0 Å². The number of hydrogen-bond donors (Lipinski definition) is 2. The van der Waals surface area contributed by atoms with E-state index in [0.29, 0.717) is 10.8 Å². The van der Waals surface area contributed by atoms with Crippen molar-refractivity contribution in [3.8, 4) is 0 Å². The van der Waals surface area contributed by atoms with Gasteiger partial charge in [0.05, 0.1) is 6.04 Å². The third kappa shape index (κ3) is 1.62. The van der Waals surface area contributed by atoms with Crippen LogP contribution in [0.1, 0.15) is 17.4 Å². The van der Waals surface area contributed by atoms with Crippen LogP contribution in [0.4, 0.5) is 0 Å². The van der Waals surface area contributed by atoms with Gasteiger partial charge in [0.2, 0.25) is 0 Å². The number of nitrogens with two attached hydrogens (primary N) is 1. The summed E-state index contributed by atoms with van der Waals surface area (Å²) in [6.07, 6.45) is 1.42. The molecule has 0 radical (unpaired) electrons. The second kappa shape index (κ2) is 3.77. The third-order valence-electron chi connectivity index (χ3n) is 1.97. The third-order valence-corrected chi connectivity index (χ3v) is 2.31. The molecule has 4 nitrogen and oxygen atoms in total. The maximum absolute atomic E-state index is 5.99. The first-order valence-electron chi connectivity index (χ1n) is 4.14. The molecule has 72 valence electrons. The summed E-state index contributed by atoms with van der Waals surface area (Å²) in [4.78, 5) is 3.98. The average Bonchev–Trinajstić information content (AvgIpc) is 2.70. The van der Waals surface area contributed by atoms with Gasteiger partial charge < -0.3 is 5.73 Å². The van der Waals surface area contributed by atoms with Crippen LogP contribution in [0.3, 0.4) is 0 Å². The quantitative estimate of drug-likeness (QED) is 0.786. The topological polar surface area (TPSA) is 67.6 Å². The van der Waals surface area contributed by atoms with Gasteiger partial charge in [-0.25, -0.2) is 4.98 Å². The van der Waals surface area contributed by atoms with Gasteiger partial charge in [-0.3, -0.25) is 5.10 Å². The maximum atomic E-state index is 5.99. The fourth-order valence-electron chi connectivity index (χ4n) is 1.24. The molecular weight excluding hydrogens is 200 g/mol. The lowest BCUT2D eigenvalue weighted by Gasteiger charge is -2.09. The fraction of sp³-hybridized carbons (Fsp3) is 0.111. The number of benzene rings is 1. The van der Waals surface area contributed by atoms with Crippen LogP contribution in [0.2, 0.25) is 5.02 Å². The molecule has 0 fully saturated rings. The van der Waals surface area contributed by atoms with E-state index in [0.717, 1.165) is 5.56 Å². The molecule has 0 saturated carbocycles. The van der Waals surface area contributed by atoms with Gasteiger partial charge in [0.25, 0.3) is 0 Å². The van der Waals surface area contributed by atoms with E-state index in [2.05, 4.69) is 15.2 Å². The van der Waals surface area contributed by atoms with Crippen LogP contribution in [-0.4, -0.2) is 15.2 Å². The van der Waals surface area contributed by atoms with Gasteiger partial charge in [-0.15, -0.1) is 0 Å². The Kier molecular flexibility index (Phi) is 2.47. The van der Waals surface area contributed by atoms with E-state index in [1.54, 1.807) is 6.07 Å². The summed E-state index contributed by atoms with van der Waals surface area (Å²) >= 11 is 5.99. The van der Waals surface area contributed by atoms with Crippen LogP contribution < -0.4 is 5.73 Å². The van der Waals surface area contributed by atoms with Crippen molar-refractivity contribution >= 4 is 11.6 Å². The van der Waals surface area contributed by atoms with Gasteiger partial charge in [-0.1, -0.05) is 29.8 Å². The van der Waals surface area contributed by atoms with Gasteiger partial charge >= 0.3 is 0 Å². The van der Waals surface area contributed by atoms with Crippen molar-refractivity contribution < 1.29 is 0 Å². The summed E-state index contributed by atoms with van der Waals surface area (Å²) in [6, 6.07) is 7.06. The second-order valence-electron chi connectivity index (χ2n) is 2.87. The molecule has 0 bridgehead atoms. The second-order valence-corrected chi connectivity index (χ2v) is 3.28. The van der Waals surface area contributed by atoms with Gasteiger partial charge in [-0.2, -0.15) is 5.10 Å². The van der Waals surface area contributed by atoms with Gasteiger partial charge in [0.15, 0.2) is 0 Å². The number of nitrogens with one attached hydrogen (secondary N) is 1. The molecule has 0 aliphatic heterocycles. The first-order chi connectivity index (χ1) is 6.79. The molecule has 1 atom stereocenters. The normalized spacial score (nSPS) is 12.7. The standard InChI is InChI=1S/C9H9ClN4/c10-7-4-2-1-3-6(7)8(11)9-12-5-13-14-9/h1-5,8H,11H2,(H,12,13,14)/t8-/m1/s1. The zero-order valence-electron chi connectivity index (χ0n) is 7.31. The Labute approximate surface area is 86.1 Å². The monoisotopic (exact) mass is 208 g/mol. The minimum Gasteiger partial charge on any atom is -0.318 e. The molecule has 0 saturated heterocycles. The number of aromatic amines is 1. The SMILES string of the molecule is N[C@@H](c1ncn[nH]1)c1ccccc1Cl. The van der Waals surface area contributed by atoms with Gasteiger partial charge in [-0.05, 0) is 11.6 Å². The number of hydrogen-bond acceptors (Lipinski definition) is 3. The van der Waals surface area contributed by atoms with E-state index in [-0.39, 0.29) is 6.04 Å². The molecule has 0 unspecified atom stereocenters. The van der Waals surface area contributed by atoms with Crippen molar-refractivity contribution in [1.29, 1.82) is 0 Å². The van der Waals surface area contributed by atoms with Crippen LogP contribution >= 0.6 is 11.6 Å². The molecule has 0 spiro atoms. The minimum absolute atomic E-state index is 0.355. The molecule has 1 aromatic heterocycles. The Balaban J connectivity index is 2.37.